The minimum absolute atomic E-state index is 0.0131. The molecular formula is C45H84O6. The molecule has 51 heavy (non-hydrogen) atoms. The molecule has 0 aromatic rings. The van der Waals surface area contributed by atoms with E-state index in [0.29, 0.717) is 19.3 Å². The molecule has 6 nitrogen and oxygen atoms in total. The summed E-state index contributed by atoms with van der Waals surface area (Å²) in [6.07, 6.45) is 33.9. The molecule has 0 saturated carbocycles. The average molecular weight is 721 g/mol. The minimum Gasteiger partial charge on any atom is -0.382 e. The molecule has 0 amide bonds. The lowest BCUT2D eigenvalue weighted by molar-refractivity contribution is -0.181. The maximum atomic E-state index is 13.5. The zero-order chi connectivity index (χ0) is 37.8. The lowest BCUT2D eigenvalue weighted by atomic mass is 9.78. The molecule has 0 spiro atoms. The lowest BCUT2D eigenvalue weighted by Crippen LogP contribution is -2.63. The van der Waals surface area contributed by atoms with Crippen LogP contribution in [-0.2, 0) is 14.4 Å². The summed E-state index contributed by atoms with van der Waals surface area (Å²) in [5.74, 6) is -2.15. The van der Waals surface area contributed by atoms with E-state index in [1.54, 1.807) is 0 Å². The standard InChI is InChI=1S/C45H84O6/c1-4-7-10-13-16-19-20-21-22-23-24-27-30-33-36-39-42(48)45(51,43(49)40(46)37-34-31-28-25-17-14-11-8-5-2)44(50)41(47)38-35-32-29-26-18-15-12-9-6-3/h21-22,43-44,49-51H,4-20,23-39H2,1-3H3. The van der Waals surface area contributed by atoms with Crippen molar-refractivity contribution in [3.8, 4) is 0 Å². The molecule has 6 heteroatoms. The molecule has 0 aliphatic carbocycles. The van der Waals surface area contributed by atoms with Gasteiger partial charge in [-0.3, -0.25) is 14.4 Å². The predicted molar refractivity (Wildman–Crippen MR) is 215 cm³/mol. The van der Waals surface area contributed by atoms with E-state index in [4.69, 9.17) is 0 Å². The number of rotatable bonds is 40. The van der Waals surface area contributed by atoms with Gasteiger partial charge in [0.1, 0.15) is 0 Å². The average Bonchev–Trinajstić information content (AvgIpc) is 3.13. The first-order valence-corrected chi connectivity index (χ1v) is 22.1. The molecule has 2 atom stereocenters. The Kier molecular flexibility index (Phi) is 34.7. The topological polar surface area (TPSA) is 112 Å². The van der Waals surface area contributed by atoms with Crippen LogP contribution < -0.4 is 0 Å². The smallest absolute Gasteiger partial charge is 0.189 e. The van der Waals surface area contributed by atoms with Crippen molar-refractivity contribution in [1.82, 2.24) is 0 Å². The van der Waals surface area contributed by atoms with Crippen molar-refractivity contribution in [1.29, 1.82) is 0 Å². The van der Waals surface area contributed by atoms with E-state index in [0.717, 1.165) is 77.0 Å². The van der Waals surface area contributed by atoms with Crippen LogP contribution in [0.3, 0.4) is 0 Å². The Morgan fingerprint density at radius 1 is 0.412 bits per heavy atom. The molecule has 0 aliphatic rings. The van der Waals surface area contributed by atoms with Crippen molar-refractivity contribution in [3.05, 3.63) is 12.2 Å². The number of carbonyl (C=O) groups excluding carboxylic acids is 3. The number of hydrogen-bond acceptors (Lipinski definition) is 6. The van der Waals surface area contributed by atoms with Gasteiger partial charge in [0.05, 0.1) is 0 Å². The molecule has 0 heterocycles. The molecule has 0 fully saturated rings. The summed E-state index contributed by atoms with van der Waals surface area (Å²) >= 11 is 0. The molecule has 2 unspecified atom stereocenters. The zero-order valence-corrected chi connectivity index (χ0v) is 33.9. The molecule has 3 N–H and O–H groups in total. The normalized spacial score (nSPS) is 14.2. The fourth-order valence-electron chi connectivity index (χ4n) is 7.00. The third-order valence-corrected chi connectivity index (χ3v) is 10.6. The summed E-state index contributed by atoms with van der Waals surface area (Å²) in [6, 6.07) is 0. The van der Waals surface area contributed by atoms with Crippen LogP contribution in [0.25, 0.3) is 0 Å². The highest BCUT2D eigenvalue weighted by Gasteiger charge is 2.53. The number of ketones is 3. The number of hydrogen-bond donors (Lipinski definition) is 3. The van der Waals surface area contributed by atoms with Crippen molar-refractivity contribution >= 4 is 17.3 Å². The molecule has 0 aromatic heterocycles. The fraction of sp³-hybridized carbons (Fsp3) is 0.889. The monoisotopic (exact) mass is 721 g/mol. The van der Waals surface area contributed by atoms with Gasteiger partial charge < -0.3 is 15.3 Å². The quantitative estimate of drug-likeness (QED) is 0.0429. The molecular weight excluding hydrogens is 636 g/mol. The van der Waals surface area contributed by atoms with Crippen molar-refractivity contribution in [3.63, 3.8) is 0 Å². The van der Waals surface area contributed by atoms with E-state index in [1.807, 2.05) is 0 Å². The Bertz CT molecular complexity index is 812. The highest BCUT2D eigenvalue weighted by atomic mass is 16.4. The van der Waals surface area contributed by atoms with Crippen LogP contribution >= 0.6 is 0 Å². The maximum absolute atomic E-state index is 13.5. The van der Waals surface area contributed by atoms with Crippen LogP contribution in [0.15, 0.2) is 12.2 Å². The van der Waals surface area contributed by atoms with E-state index in [-0.39, 0.29) is 19.3 Å². The van der Waals surface area contributed by atoms with Gasteiger partial charge in [-0.05, 0) is 44.9 Å². The number of allylic oxidation sites excluding steroid dienone is 2. The van der Waals surface area contributed by atoms with Gasteiger partial charge in [0.25, 0.3) is 0 Å². The first kappa shape index (κ1) is 49.6. The van der Waals surface area contributed by atoms with Gasteiger partial charge in [0.15, 0.2) is 35.2 Å². The predicted octanol–water partition coefficient (Wildman–Crippen LogP) is 12.0. The van der Waals surface area contributed by atoms with E-state index in [2.05, 4.69) is 32.9 Å². The molecule has 0 radical (unpaired) electrons. The second kappa shape index (κ2) is 35.6. The van der Waals surface area contributed by atoms with Crippen LogP contribution in [0.1, 0.15) is 239 Å². The van der Waals surface area contributed by atoms with Crippen molar-refractivity contribution in [2.45, 2.75) is 257 Å². The number of carbonyl (C=O) groups is 3. The summed E-state index contributed by atoms with van der Waals surface area (Å²) in [7, 11) is 0. The summed E-state index contributed by atoms with van der Waals surface area (Å²) in [5.41, 5.74) is -2.80. The third kappa shape index (κ3) is 26.1. The zero-order valence-electron chi connectivity index (χ0n) is 33.9. The van der Waals surface area contributed by atoms with E-state index >= 15 is 0 Å². The van der Waals surface area contributed by atoms with E-state index in [1.165, 1.54) is 103 Å². The van der Waals surface area contributed by atoms with Gasteiger partial charge in [0.2, 0.25) is 0 Å². The van der Waals surface area contributed by atoms with Gasteiger partial charge in [-0.1, -0.05) is 187 Å². The molecule has 0 bridgehead atoms. The number of aliphatic hydroxyl groups is 3. The molecule has 0 aromatic carbocycles. The summed E-state index contributed by atoms with van der Waals surface area (Å²) in [4.78, 5) is 39.6. The summed E-state index contributed by atoms with van der Waals surface area (Å²) in [5, 5.41) is 33.7. The second-order valence-corrected chi connectivity index (χ2v) is 15.5. The molecule has 0 aliphatic heterocycles. The van der Waals surface area contributed by atoms with Crippen molar-refractivity contribution < 1.29 is 29.7 Å². The highest BCUT2D eigenvalue weighted by Crippen LogP contribution is 2.26. The first-order chi connectivity index (χ1) is 24.8. The van der Waals surface area contributed by atoms with Crippen LogP contribution in [0.2, 0.25) is 0 Å². The van der Waals surface area contributed by atoms with Gasteiger partial charge in [0, 0.05) is 19.3 Å². The van der Waals surface area contributed by atoms with Crippen molar-refractivity contribution in [2.75, 3.05) is 0 Å². The van der Waals surface area contributed by atoms with Crippen LogP contribution in [0.4, 0.5) is 0 Å². The van der Waals surface area contributed by atoms with Crippen LogP contribution in [-0.4, -0.2) is 50.5 Å². The Morgan fingerprint density at radius 3 is 0.980 bits per heavy atom. The van der Waals surface area contributed by atoms with Gasteiger partial charge >= 0.3 is 0 Å². The Balaban J connectivity index is 4.84. The molecule has 0 saturated heterocycles. The number of Topliss-reactive ketones (excluding diaryl/α,β-unsaturated/α-hetero) is 3. The van der Waals surface area contributed by atoms with E-state index in [9.17, 15) is 29.7 Å². The summed E-state index contributed by atoms with van der Waals surface area (Å²) in [6.45, 7) is 6.64. The Labute approximate surface area is 315 Å². The maximum Gasteiger partial charge on any atom is 0.189 e. The van der Waals surface area contributed by atoms with Crippen molar-refractivity contribution in [2.24, 2.45) is 0 Å². The first-order valence-electron chi connectivity index (χ1n) is 22.1. The SMILES string of the molecule is CCCCCCCCC=CCCCCCCCC(=O)C(O)(C(O)C(=O)CCCCCCCCCCC)C(O)C(=O)CCCCCCCCCCC. The Morgan fingerprint density at radius 2 is 0.667 bits per heavy atom. The number of aliphatic hydroxyl groups excluding tert-OH is 2. The molecule has 300 valence electrons. The van der Waals surface area contributed by atoms with Crippen LogP contribution in [0.5, 0.6) is 0 Å². The van der Waals surface area contributed by atoms with Gasteiger partial charge in [-0.2, -0.15) is 0 Å². The summed E-state index contributed by atoms with van der Waals surface area (Å²) < 4.78 is 0. The number of unbranched alkanes of at least 4 members (excludes halogenated alkanes) is 27. The van der Waals surface area contributed by atoms with Crippen LogP contribution in [0, 0.1) is 0 Å². The molecule has 0 rings (SSSR count). The van der Waals surface area contributed by atoms with Gasteiger partial charge in [-0.15, -0.1) is 0 Å². The Hall–Kier alpha value is -1.37. The second-order valence-electron chi connectivity index (χ2n) is 15.5. The largest absolute Gasteiger partial charge is 0.382 e. The fourth-order valence-corrected chi connectivity index (χ4v) is 7.00. The lowest BCUT2D eigenvalue weighted by Gasteiger charge is -2.34. The highest BCUT2D eigenvalue weighted by molar-refractivity contribution is 6.01. The van der Waals surface area contributed by atoms with Gasteiger partial charge in [-0.25, -0.2) is 0 Å². The van der Waals surface area contributed by atoms with E-state index < -0.39 is 35.2 Å². The minimum atomic E-state index is -2.80. The third-order valence-electron chi connectivity index (χ3n) is 10.6.